The summed E-state index contributed by atoms with van der Waals surface area (Å²) in [6, 6.07) is 15.5. The van der Waals surface area contributed by atoms with Crippen LogP contribution in [-0.4, -0.2) is 25.4 Å². The van der Waals surface area contributed by atoms with Crippen LogP contribution in [0.1, 0.15) is 53.9 Å². The second-order valence-corrected chi connectivity index (χ2v) is 7.84. The van der Waals surface area contributed by atoms with Gasteiger partial charge in [-0.1, -0.05) is 36.8 Å². The maximum Gasteiger partial charge on any atom is 0.119 e. The fourth-order valence-corrected chi connectivity index (χ4v) is 4.33. The molecule has 27 heavy (non-hydrogen) atoms. The maximum absolute atomic E-state index is 9.00. The summed E-state index contributed by atoms with van der Waals surface area (Å²) in [6.07, 6.45) is 7.65. The largest absolute Gasteiger partial charge is 0.497 e. The SMILES string of the molecule is COc1cccc(C[C@@H]2CCc3cc([C@H](CN)CCCCO)ccc3C2)c1. The Morgan fingerprint density at radius 3 is 2.81 bits per heavy atom. The predicted molar refractivity (Wildman–Crippen MR) is 111 cm³/mol. The molecular formula is C24H33NO2. The molecule has 146 valence electrons. The number of aliphatic hydroxyl groups excluding tert-OH is 1. The number of unbranched alkanes of at least 4 members (excludes halogenated alkanes) is 1. The van der Waals surface area contributed by atoms with E-state index in [1.54, 1.807) is 7.11 Å². The number of benzene rings is 2. The number of fused-ring (bicyclic) bond motifs is 1. The first-order chi connectivity index (χ1) is 13.2. The molecule has 3 nitrogen and oxygen atoms in total. The predicted octanol–water partition coefficient (Wildman–Crippen LogP) is 4.25. The number of rotatable bonds is 9. The molecule has 0 bridgehead atoms. The van der Waals surface area contributed by atoms with Crippen molar-refractivity contribution in [1.29, 1.82) is 0 Å². The third-order valence-electron chi connectivity index (χ3n) is 5.94. The lowest BCUT2D eigenvalue weighted by molar-refractivity contribution is 0.281. The first kappa shape index (κ1) is 19.9. The van der Waals surface area contributed by atoms with Gasteiger partial charge < -0.3 is 15.6 Å². The molecule has 0 aromatic heterocycles. The van der Waals surface area contributed by atoms with Gasteiger partial charge in [-0.15, -0.1) is 0 Å². The van der Waals surface area contributed by atoms with E-state index in [4.69, 9.17) is 15.6 Å². The Bertz CT molecular complexity index is 728. The van der Waals surface area contributed by atoms with Crippen LogP contribution in [0.4, 0.5) is 0 Å². The lowest BCUT2D eigenvalue weighted by Crippen LogP contribution is -2.18. The fourth-order valence-electron chi connectivity index (χ4n) is 4.33. The summed E-state index contributed by atoms with van der Waals surface area (Å²) in [4.78, 5) is 0. The Kier molecular flexibility index (Phi) is 7.31. The van der Waals surface area contributed by atoms with Gasteiger partial charge in [-0.05, 0) is 91.3 Å². The third kappa shape index (κ3) is 5.33. The molecule has 2 aromatic carbocycles. The van der Waals surface area contributed by atoms with Crippen molar-refractivity contribution >= 4 is 0 Å². The van der Waals surface area contributed by atoms with E-state index in [-0.39, 0.29) is 6.61 Å². The van der Waals surface area contributed by atoms with Crippen LogP contribution in [0.3, 0.4) is 0 Å². The van der Waals surface area contributed by atoms with Crippen molar-refractivity contribution in [2.24, 2.45) is 11.7 Å². The van der Waals surface area contributed by atoms with Gasteiger partial charge in [-0.3, -0.25) is 0 Å². The van der Waals surface area contributed by atoms with Crippen LogP contribution < -0.4 is 10.5 Å². The molecule has 1 aliphatic carbocycles. The smallest absolute Gasteiger partial charge is 0.119 e. The van der Waals surface area contributed by atoms with Gasteiger partial charge in [-0.2, -0.15) is 0 Å². The van der Waals surface area contributed by atoms with Crippen LogP contribution in [0.25, 0.3) is 0 Å². The summed E-state index contributed by atoms with van der Waals surface area (Å²) >= 11 is 0. The summed E-state index contributed by atoms with van der Waals surface area (Å²) in [5.74, 6) is 2.06. The molecule has 0 aliphatic heterocycles. The first-order valence-electron chi connectivity index (χ1n) is 10.3. The Morgan fingerprint density at radius 1 is 1.15 bits per heavy atom. The molecule has 0 amide bonds. The van der Waals surface area contributed by atoms with E-state index >= 15 is 0 Å². The van der Waals surface area contributed by atoms with E-state index in [1.807, 2.05) is 6.07 Å². The van der Waals surface area contributed by atoms with Crippen molar-refractivity contribution in [3.8, 4) is 5.75 Å². The van der Waals surface area contributed by atoms with Crippen molar-refractivity contribution in [3.63, 3.8) is 0 Å². The summed E-state index contributed by atoms with van der Waals surface area (Å²) in [5, 5.41) is 9.00. The van der Waals surface area contributed by atoms with Crippen LogP contribution in [-0.2, 0) is 19.3 Å². The molecule has 0 fully saturated rings. The van der Waals surface area contributed by atoms with Gasteiger partial charge in [0, 0.05) is 6.61 Å². The third-order valence-corrected chi connectivity index (χ3v) is 5.94. The Labute approximate surface area is 163 Å². The van der Waals surface area contributed by atoms with Crippen LogP contribution in [0, 0.1) is 5.92 Å². The zero-order chi connectivity index (χ0) is 19.1. The topological polar surface area (TPSA) is 55.5 Å². The Balaban J connectivity index is 1.64. The van der Waals surface area contributed by atoms with Crippen molar-refractivity contribution in [1.82, 2.24) is 0 Å². The number of nitrogens with two attached hydrogens (primary N) is 1. The molecule has 0 saturated heterocycles. The van der Waals surface area contributed by atoms with Gasteiger partial charge >= 0.3 is 0 Å². The van der Waals surface area contributed by atoms with E-state index in [0.29, 0.717) is 18.4 Å². The summed E-state index contributed by atoms with van der Waals surface area (Å²) in [7, 11) is 1.73. The van der Waals surface area contributed by atoms with Gasteiger partial charge in [0.25, 0.3) is 0 Å². The number of hydrogen-bond acceptors (Lipinski definition) is 3. The molecule has 3 heteroatoms. The zero-order valence-electron chi connectivity index (χ0n) is 16.5. The van der Waals surface area contributed by atoms with Crippen LogP contribution in [0.2, 0.25) is 0 Å². The van der Waals surface area contributed by atoms with E-state index in [2.05, 4.69) is 36.4 Å². The molecule has 3 rings (SSSR count). The fraction of sp³-hybridized carbons (Fsp3) is 0.500. The van der Waals surface area contributed by atoms with E-state index < -0.39 is 0 Å². The molecule has 3 N–H and O–H groups in total. The zero-order valence-corrected chi connectivity index (χ0v) is 16.5. The van der Waals surface area contributed by atoms with Crippen LogP contribution >= 0.6 is 0 Å². The summed E-state index contributed by atoms with van der Waals surface area (Å²) < 4.78 is 5.36. The molecule has 0 heterocycles. The molecule has 0 radical (unpaired) electrons. The number of methoxy groups -OCH3 is 1. The van der Waals surface area contributed by atoms with Crippen LogP contribution in [0.5, 0.6) is 5.75 Å². The lowest BCUT2D eigenvalue weighted by Gasteiger charge is -2.26. The average molecular weight is 368 g/mol. The van der Waals surface area contributed by atoms with Gasteiger partial charge in [-0.25, -0.2) is 0 Å². The highest BCUT2D eigenvalue weighted by atomic mass is 16.5. The van der Waals surface area contributed by atoms with Gasteiger partial charge in [0.15, 0.2) is 0 Å². The molecule has 0 spiro atoms. The Morgan fingerprint density at radius 2 is 2.04 bits per heavy atom. The Hall–Kier alpha value is -1.84. The highest BCUT2D eigenvalue weighted by molar-refractivity contribution is 5.36. The molecule has 2 aromatic rings. The number of aryl methyl sites for hydroxylation is 1. The molecule has 2 atom stereocenters. The van der Waals surface area contributed by atoms with E-state index in [9.17, 15) is 0 Å². The van der Waals surface area contributed by atoms with Crippen molar-refractivity contribution in [3.05, 3.63) is 64.7 Å². The first-order valence-corrected chi connectivity index (χ1v) is 10.3. The summed E-state index contributed by atoms with van der Waals surface area (Å²) in [5.41, 5.74) is 11.8. The maximum atomic E-state index is 9.00. The molecule has 0 saturated carbocycles. The molecule has 1 aliphatic rings. The normalized spacial score (nSPS) is 17.4. The minimum absolute atomic E-state index is 0.274. The van der Waals surface area contributed by atoms with Gasteiger partial charge in [0.2, 0.25) is 0 Å². The number of ether oxygens (including phenoxy) is 1. The lowest BCUT2D eigenvalue weighted by atomic mass is 9.79. The minimum atomic E-state index is 0.274. The highest BCUT2D eigenvalue weighted by Gasteiger charge is 2.20. The second kappa shape index (κ2) is 9.91. The van der Waals surface area contributed by atoms with E-state index in [1.165, 1.54) is 28.7 Å². The molecular weight excluding hydrogens is 334 g/mol. The highest BCUT2D eigenvalue weighted by Crippen LogP contribution is 2.31. The van der Waals surface area contributed by atoms with Crippen molar-refractivity contribution < 1.29 is 9.84 Å². The monoisotopic (exact) mass is 367 g/mol. The number of hydrogen-bond donors (Lipinski definition) is 2. The standard InChI is InChI=1S/C24H33NO2/c1-27-24-7-4-5-18(15-24)13-19-8-9-21-16-22(11-10-20(21)14-19)23(17-25)6-2-3-12-26/h4-5,7,10-11,15-16,19,23,26H,2-3,6,8-9,12-14,17,25H2,1H3/t19-,23-/m0/s1. The van der Waals surface area contributed by atoms with Gasteiger partial charge in [0.1, 0.15) is 5.75 Å². The summed E-state index contributed by atoms with van der Waals surface area (Å²) in [6.45, 7) is 0.957. The quantitative estimate of drug-likeness (QED) is 0.652. The average Bonchev–Trinajstić information content (AvgIpc) is 2.71. The number of aliphatic hydroxyl groups is 1. The molecule has 0 unspecified atom stereocenters. The minimum Gasteiger partial charge on any atom is -0.497 e. The van der Waals surface area contributed by atoms with Crippen LogP contribution in [0.15, 0.2) is 42.5 Å². The second-order valence-electron chi connectivity index (χ2n) is 7.84. The van der Waals surface area contributed by atoms with Crippen molar-refractivity contribution in [2.45, 2.75) is 50.9 Å². The van der Waals surface area contributed by atoms with Crippen molar-refractivity contribution in [2.75, 3.05) is 20.3 Å². The van der Waals surface area contributed by atoms with Gasteiger partial charge in [0.05, 0.1) is 7.11 Å². The van der Waals surface area contributed by atoms with E-state index in [0.717, 1.165) is 44.3 Å².